The predicted molar refractivity (Wildman–Crippen MR) is 104 cm³/mol. The number of benzene rings is 2. The van der Waals surface area contributed by atoms with Crippen LogP contribution in [0.1, 0.15) is 37.8 Å². The topological polar surface area (TPSA) is 92.1 Å². The van der Waals surface area contributed by atoms with Crippen molar-refractivity contribution >= 4 is 17.5 Å². The van der Waals surface area contributed by atoms with Crippen LogP contribution in [-0.4, -0.2) is 28.3 Å². The summed E-state index contributed by atoms with van der Waals surface area (Å²) in [6.45, 7) is 4.26. The number of aromatic nitrogens is 2. The zero-order valence-electron chi connectivity index (χ0n) is 15.2. The highest BCUT2D eigenvalue weighted by Crippen LogP contribution is 2.35. The number of carbonyl (C=O) groups excluding carboxylic acids is 2. The van der Waals surface area contributed by atoms with Gasteiger partial charge in [0.05, 0.1) is 11.4 Å². The summed E-state index contributed by atoms with van der Waals surface area (Å²) in [5.74, 6) is 0.266. The van der Waals surface area contributed by atoms with E-state index in [4.69, 9.17) is 5.73 Å². The maximum atomic E-state index is 13.3. The van der Waals surface area contributed by atoms with Gasteiger partial charge in [-0.1, -0.05) is 18.2 Å². The fraction of sp³-hybridized carbons (Fsp3) is 0.190. The number of imidazole rings is 1. The molecule has 2 heterocycles. The summed E-state index contributed by atoms with van der Waals surface area (Å²) in [7, 11) is 0. The lowest BCUT2D eigenvalue weighted by molar-refractivity contribution is 0.0980. The summed E-state index contributed by atoms with van der Waals surface area (Å²) in [4.78, 5) is 34.4. The highest BCUT2D eigenvalue weighted by molar-refractivity contribution is 6.09. The number of carbonyl (C=O) groups is 2. The van der Waals surface area contributed by atoms with Gasteiger partial charge in [0.15, 0.2) is 0 Å². The Hall–Kier alpha value is -3.41. The number of anilines is 1. The molecule has 136 valence electrons. The average Bonchev–Trinajstić information content (AvgIpc) is 2.95. The molecular weight excluding hydrogens is 340 g/mol. The fourth-order valence-corrected chi connectivity index (χ4v) is 3.64. The van der Waals surface area contributed by atoms with Gasteiger partial charge in [0, 0.05) is 35.3 Å². The van der Waals surface area contributed by atoms with Gasteiger partial charge in [-0.15, -0.1) is 0 Å². The molecule has 0 saturated heterocycles. The quantitative estimate of drug-likeness (QED) is 0.736. The highest BCUT2D eigenvalue weighted by Gasteiger charge is 2.27. The minimum Gasteiger partial charge on any atom is -0.366 e. The molecule has 1 aliphatic heterocycles. The Kier molecular flexibility index (Phi) is 4.03. The third-order valence-corrected chi connectivity index (χ3v) is 4.92. The maximum absolute atomic E-state index is 13.3. The van der Waals surface area contributed by atoms with Crippen LogP contribution in [0.5, 0.6) is 0 Å². The first-order valence-electron chi connectivity index (χ1n) is 8.83. The van der Waals surface area contributed by atoms with Crippen molar-refractivity contribution in [1.29, 1.82) is 0 Å². The van der Waals surface area contributed by atoms with Crippen LogP contribution in [-0.2, 0) is 6.42 Å². The van der Waals surface area contributed by atoms with E-state index in [1.54, 1.807) is 30.0 Å². The molecule has 6 heteroatoms. The van der Waals surface area contributed by atoms with Gasteiger partial charge in [-0.05, 0) is 43.7 Å². The number of hydrogen-bond donors (Lipinski definition) is 2. The van der Waals surface area contributed by atoms with Crippen molar-refractivity contribution in [2.75, 3.05) is 11.4 Å². The molecule has 0 unspecified atom stereocenters. The molecule has 1 aliphatic rings. The van der Waals surface area contributed by atoms with E-state index in [0.29, 0.717) is 29.7 Å². The molecular formula is C21H20N4O2. The van der Waals surface area contributed by atoms with E-state index in [0.717, 1.165) is 28.5 Å². The zero-order valence-corrected chi connectivity index (χ0v) is 15.2. The molecule has 27 heavy (non-hydrogen) atoms. The lowest BCUT2D eigenvalue weighted by Crippen LogP contribution is -2.32. The van der Waals surface area contributed by atoms with Gasteiger partial charge in [-0.3, -0.25) is 9.59 Å². The van der Waals surface area contributed by atoms with Crippen molar-refractivity contribution in [2.24, 2.45) is 5.73 Å². The number of fused-ring (bicyclic) bond motifs is 3. The van der Waals surface area contributed by atoms with Crippen LogP contribution in [0, 0.1) is 13.8 Å². The Labute approximate surface area is 157 Å². The Bertz CT molecular complexity index is 1070. The van der Waals surface area contributed by atoms with Crippen molar-refractivity contribution in [2.45, 2.75) is 20.3 Å². The van der Waals surface area contributed by atoms with Gasteiger partial charge in [0.2, 0.25) is 5.91 Å². The summed E-state index contributed by atoms with van der Waals surface area (Å²) < 4.78 is 0. The third kappa shape index (κ3) is 2.89. The SMILES string of the molecule is Cc1nc2c([nH]1)CCN(C(=O)c1ccc(C(N)=O)c(C)c1)c1ccccc1-2. The number of primary amides is 1. The summed E-state index contributed by atoms with van der Waals surface area (Å²) >= 11 is 0. The lowest BCUT2D eigenvalue weighted by Gasteiger charge is -2.23. The second kappa shape index (κ2) is 6.39. The van der Waals surface area contributed by atoms with Gasteiger partial charge in [0.1, 0.15) is 5.82 Å². The van der Waals surface area contributed by atoms with Gasteiger partial charge in [-0.2, -0.15) is 0 Å². The Morgan fingerprint density at radius 3 is 2.67 bits per heavy atom. The maximum Gasteiger partial charge on any atom is 0.258 e. The number of H-pyrrole nitrogens is 1. The van der Waals surface area contributed by atoms with Crippen LogP contribution in [0.15, 0.2) is 42.5 Å². The Morgan fingerprint density at radius 1 is 1.15 bits per heavy atom. The predicted octanol–water partition coefficient (Wildman–Crippen LogP) is 3.00. The number of hydrogen-bond acceptors (Lipinski definition) is 3. The van der Waals surface area contributed by atoms with Gasteiger partial charge in [0.25, 0.3) is 5.91 Å². The zero-order chi connectivity index (χ0) is 19.1. The first-order chi connectivity index (χ1) is 13.0. The smallest absolute Gasteiger partial charge is 0.258 e. The summed E-state index contributed by atoms with van der Waals surface area (Å²) in [6.07, 6.45) is 0.689. The molecule has 0 saturated carbocycles. The monoisotopic (exact) mass is 360 g/mol. The summed E-state index contributed by atoms with van der Waals surface area (Å²) in [5, 5.41) is 0. The largest absolute Gasteiger partial charge is 0.366 e. The van der Waals surface area contributed by atoms with Crippen molar-refractivity contribution in [3.63, 3.8) is 0 Å². The lowest BCUT2D eigenvalue weighted by atomic mass is 10.0. The van der Waals surface area contributed by atoms with Crippen molar-refractivity contribution < 1.29 is 9.59 Å². The van der Waals surface area contributed by atoms with Gasteiger partial charge < -0.3 is 15.6 Å². The fourth-order valence-electron chi connectivity index (χ4n) is 3.64. The number of para-hydroxylation sites is 1. The van der Waals surface area contributed by atoms with Crippen LogP contribution in [0.4, 0.5) is 5.69 Å². The molecule has 0 radical (unpaired) electrons. The number of amides is 2. The standard InChI is InChI=1S/C21H20N4O2/c1-12-11-14(7-8-15(12)20(22)26)21(27)25-10-9-17-19(24-13(2)23-17)16-5-3-4-6-18(16)25/h3-8,11H,9-10H2,1-2H3,(H2,22,26)(H,23,24). The van der Waals surface area contributed by atoms with Gasteiger partial charge in [-0.25, -0.2) is 4.98 Å². The summed E-state index contributed by atoms with van der Waals surface area (Å²) in [6, 6.07) is 12.8. The van der Waals surface area contributed by atoms with E-state index in [1.165, 1.54) is 0 Å². The molecule has 0 aliphatic carbocycles. The first kappa shape index (κ1) is 17.0. The van der Waals surface area contributed by atoms with E-state index >= 15 is 0 Å². The van der Waals surface area contributed by atoms with E-state index in [9.17, 15) is 9.59 Å². The normalized spacial score (nSPS) is 12.9. The van der Waals surface area contributed by atoms with Crippen molar-refractivity contribution in [3.05, 3.63) is 70.7 Å². The molecule has 0 fully saturated rings. The number of aromatic amines is 1. The second-order valence-electron chi connectivity index (χ2n) is 6.77. The van der Waals surface area contributed by atoms with E-state index < -0.39 is 5.91 Å². The van der Waals surface area contributed by atoms with Crippen molar-refractivity contribution in [3.8, 4) is 11.3 Å². The van der Waals surface area contributed by atoms with E-state index in [-0.39, 0.29) is 5.91 Å². The highest BCUT2D eigenvalue weighted by atomic mass is 16.2. The molecule has 6 nitrogen and oxygen atoms in total. The molecule has 0 bridgehead atoms. The number of nitrogens with one attached hydrogen (secondary N) is 1. The second-order valence-corrected chi connectivity index (χ2v) is 6.77. The van der Waals surface area contributed by atoms with Crippen LogP contribution >= 0.6 is 0 Å². The molecule has 3 aromatic rings. The number of nitrogens with two attached hydrogens (primary N) is 1. The Morgan fingerprint density at radius 2 is 1.93 bits per heavy atom. The van der Waals surface area contributed by atoms with Gasteiger partial charge >= 0.3 is 0 Å². The van der Waals surface area contributed by atoms with Crippen LogP contribution < -0.4 is 10.6 Å². The number of aryl methyl sites for hydroxylation is 2. The summed E-state index contributed by atoms with van der Waals surface area (Å²) in [5.41, 5.74) is 10.7. The van der Waals surface area contributed by atoms with Crippen molar-refractivity contribution in [1.82, 2.24) is 9.97 Å². The average molecular weight is 360 g/mol. The first-order valence-corrected chi connectivity index (χ1v) is 8.83. The molecule has 1 aromatic heterocycles. The molecule has 3 N–H and O–H groups in total. The molecule has 0 atom stereocenters. The van der Waals surface area contributed by atoms with Crippen LogP contribution in [0.25, 0.3) is 11.3 Å². The molecule has 2 aromatic carbocycles. The number of nitrogens with zero attached hydrogens (tertiary/aromatic N) is 2. The third-order valence-electron chi connectivity index (χ3n) is 4.92. The molecule has 2 amide bonds. The number of rotatable bonds is 2. The minimum atomic E-state index is -0.494. The Balaban J connectivity index is 1.77. The molecule has 0 spiro atoms. The van der Waals surface area contributed by atoms with E-state index in [1.807, 2.05) is 31.2 Å². The van der Waals surface area contributed by atoms with E-state index in [2.05, 4.69) is 9.97 Å². The molecule has 4 rings (SSSR count). The van der Waals surface area contributed by atoms with Crippen LogP contribution in [0.3, 0.4) is 0 Å². The minimum absolute atomic E-state index is 0.108. The van der Waals surface area contributed by atoms with Crippen LogP contribution in [0.2, 0.25) is 0 Å².